The number of piperazine rings is 1. The standard InChI is InChI=1S/C97H136N16O20/c1-61-19-12-11-13-20-62(2)81(123-8)51-75-27-24-67(7)97(122,133-75)90(119)93(120)112-32-16-14-23-77(112)94(121)131-82(52-78(115)63(3)46-66(6)88(118)89(125-10)87(117)65(5)45-61)64(4)47-68-25-28-80(83(49-68)124-9)130-59-69-21-18-22-70(48-69)72-53-101-96(102-54-72)110-35-34-109(74(57-110)58-114)55-73-56-111(108-106-73)36-38-127-40-42-129-44-43-128-41-39-126-37-30-84(116)100-31-15-17-33-113-92-85(91(98)103-60-104-92)86(107-113)71-26-29-79-76(50-71)105-95(99)132-79/h11-13,18-22,26,29,46,48,50,53-54,56,60-61,63-65,67-68,74-75,77,80-83,88-89,114,118,122H,14-17,23-25,27-28,30-45,47,49,51-52,55,57-59H2,1-10H3,(H2,99,105)(H,100,116)(H2,98,103,104)/b13-11+,19-12+,62-20+,66-46+/t61-,63-,64-,65-,67-,68+,74?,75+,77+,80-,81+,82?,83-,88-,89+,97-/m1/s1. The van der Waals surface area contributed by atoms with Gasteiger partial charge in [-0.05, 0) is 155 Å². The van der Waals surface area contributed by atoms with Crippen LogP contribution in [0.5, 0.6) is 0 Å². The van der Waals surface area contributed by atoms with E-state index in [0.717, 1.165) is 52.8 Å². The molecule has 3 saturated heterocycles. The van der Waals surface area contributed by atoms with Crippen LogP contribution < -0.4 is 21.7 Å². The van der Waals surface area contributed by atoms with Gasteiger partial charge in [0.25, 0.3) is 17.7 Å². The van der Waals surface area contributed by atoms with Gasteiger partial charge >= 0.3 is 5.97 Å². The van der Waals surface area contributed by atoms with Crippen LogP contribution in [0.1, 0.15) is 156 Å². The number of methoxy groups -OCH3 is 3. The summed E-state index contributed by atoms with van der Waals surface area (Å²) in [7, 11) is 4.63. The number of aryl methyl sites for hydroxylation is 1. The molecular formula is C97H136N16O20. The highest BCUT2D eigenvalue weighted by atomic mass is 16.6. The minimum Gasteiger partial charge on any atom is -0.460 e. The van der Waals surface area contributed by atoms with Crippen molar-refractivity contribution >= 4 is 75.0 Å². The summed E-state index contributed by atoms with van der Waals surface area (Å²) >= 11 is 0. The summed E-state index contributed by atoms with van der Waals surface area (Å²) in [6, 6.07) is 12.2. The number of nitrogens with two attached hydrogens (primary N) is 2. The number of aliphatic hydroxyl groups is 3. The molecule has 9 heterocycles. The number of nitrogen functional groups attached to an aromatic ring is 2. The number of Topliss-reactive ketones (excluding diaryl/α,β-unsaturated/α-hetero) is 3. The molecule has 0 radical (unpaired) electrons. The van der Waals surface area contributed by atoms with Crippen LogP contribution in [0.25, 0.3) is 44.5 Å². The highest BCUT2D eigenvalue weighted by Crippen LogP contribution is 2.40. The molecule has 8 N–H and O–H groups in total. The number of unbranched alkanes of at least 4 members (excludes halogenated alkanes) is 1. The Hall–Kier alpha value is -10.1. The van der Waals surface area contributed by atoms with Crippen LogP contribution in [-0.4, -0.2) is 284 Å². The van der Waals surface area contributed by atoms with Gasteiger partial charge < -0.3 is 93.7 Å². The number of piperidine rings is 1. The van der Waals surface area contributed by atoms with Crippen LogP contribution in [-0.2, 0) is 102 Å². The maximum absolute atomic E-state index is 14.9. The van der Waals surface area contributed by atoms with E-state index in [2.05, 4.69) is 46.4 Å². The van der Waals surface area contributed by atoms with Crippen molar-refractivity contribution in [2.45, 2.75) is 232 Å². The van der Waals surface area contributed by atoms with Gasteiger partial charge in [-0.15, -0.1) is 5.10 Å². The van der Waals surface area contributed by atoms with E-state index in [0.29, 0.717) is 202 Å². The van der Waals surface area contributed by atoms with Crippen LogP contribution in [0.2, 0.25) is 0 Å². The molecule has 2 unspecified atom stereocenters. The van der Waals surface area contributed by atoms with Gasteiger partial charge in [-0.1, -0.05) is 94.5 Å². The predicted molar refractivity (Wildman–Crippen MR) is 496 cm³/mol. The fourth-order valence-electron chi connectivity index (χ4n) is 18.4. The van der Waals surface area contributed by atoms with E-state index in [1.807, 2.05) is 107 Å². The monoisotopic (exact) mass is 1850 g/mol. The molecule has 4 fully saturated rings. The molecule has 133 heavy (non-hydrogen) atoms. The van der Waals surface area contributed by atoms with E-state index in [9.17, 15) is 44.1 Å². The smallest absolute Gasteiger partial charge is 0.329 e. The van der Waals surface area contributed by atoms with E-state index in [-0.39, 0.29) is 92.6 Å². The number of aromatic nitrogens is 10. The quantitative estimate of drug-likeness (QED) is 0.00932. The van der Waals surface area contributed by atoms with Crippen molar-refractivity contribution in [3.8, 4) is 22.4 Å². The Bertz CT molecular complexity index is 5100. The number of nitrogens with zero attached hydrogens (tertiary/aromatic N) is 13. The zero-order valence-electron chi connectivity index (χ0n) is 78.6. The number of fused-ring (bicyclic) bond motifs is 5. The van der Waals surface area contributed by atoms with Gasteiger partial charge in [-0.2, -0.15) is 10.1 Å². The average molecular weight is 1850 g/mol. The van der Waals surface area contributed by atoms with Crippen molar-refractivity contribution in [3.05, 3.63) is 126 Å². The Morgan fingerprint density at radius 3 is 2.29 bits per heavy atom. The maximum Gasteiger partial charge on any atom is 0.329 e. The zero-order valence-corrected chi connectivity index (χ0v) is 78.6. The van der Waals surface area contributed by atoms with Gasteiger partial charge in [0.1, 0.15) is 53.5 Å². The van der Waals surface area contributed by atoms with Crippen molar-refractivity contribution in [2.24, 2.45) is 35.5 Å². The van der Waals surface area contributed by atoms with Crippen LogP contribution in [0, 0.1) is 35.5 Å². The first kappa shape index (κ1) is 102. The van der Waals surface area contributed by atoms with Crippen LogP contribution in [0.3, 0.4) is 0 Å². The normalized spacial score (nSPS) is 27.2. The molecule has 5 aromatic heterocycles. The third-order valence-corrected chi connectivity index (χ3v) is 26.3. The minimum atomic E-state index is -2.48. The first-order valence-electron chi connectivity index (χ1n) is 46.9. The Balaban J connectivity index is 0.550. The largest absolute Gasteiger partial charge is 0.460 e. The van der Waals surface area contributed by atoms with E-state index >= 15 is 0 Å². The number of rotatable bonds is 35. The number of carbonyl (C=O) groups excluding carboxylic acids is 6. The number of cyclic esters (lactones) is 1. The van der Waals surface area contributed by atoms with E-state index < -0.39 is 83.7 Å². The Morgan fingerprint density at radius 2 is 1.53 bits per heavy atom. The molecule has 1 aliphatic carbocycles. The number of nitrogens with one attached hydrogen (secondary N) is 1. The molecule has 1 saturated carbocycles. The molecule has 2 aromatic carbocycles. The van der Waals surface area contributed by atoms with E-state index in [4.69, 9.17) is 78.3 Å². The third-order valence-electron chi connectivity index (χ3n) is 26.3. The molecule has 36 heteroatoms. The summed E-state index contributed by atoms with van der Waals surface area (Å²) in [5.41, 5.74) is 19.9. The highest BCUT2D eigenvalue weighted by molar-refractivity contribution is 6.39. The fraction of sp³-hybridized carbons (Fsp3) is 0.608. The first-order valence-corrected chi connectivity index (χ1v) is 46.9. The van der Waals surface area contributed by atoms with Gasteiger partial charge in [0.2, 0.25) is 17.6 Å². The van der Waals surface area contributed by atoms with Gasteiger partial charge in [0, 0.05) is 134 Å². The van der Waals surface area contributed by atoms with Gasteiger partial charge in [-0.25, -0.2) is 34.1 Å². The average Bonchev–Trinajstić information content (AvgIpc) is 1.52. The number of oxazole rings is 1. The topological polar surface area (TPSA) is 455 Å². The molecule has 2 amide bonds. The molecule has 12 rings (SSSR count). The van der Waals surface area contributed by atoms with Gasteiger partial charge in [-0.3, -0.25) is 28.9 Å². The van der Waals surface area contributed by atoms with Crippen LogP contribution in [0.15, 0.2) is 119 Å². The second-order valence-electron chi connectivity index (χ2n) is 36.1. The number of ether oxygens (including phenoxy) is 10. The second-order valence-corrected chi connectivity index (χ2v) is 36.1. The maximum atomic E-state index is 14.9. The SMILES string of the molecule is CO[C@H]1C[C@@H]2CC[C@@H](C)[C@@](O)(O2)C(=O)C(=O)N2CCCC[C@H]2C(=O)OC([C@H](C)C[C@@H]2CC[C@@H](OCc3cccc(-c4cnc(N5CCN(Cc6cn(CCOCCOCCOCCOCCC(=O)NCCCCn7nc(-c8ccc9oc(N)nc9c8)c8c(N)ncnc87)nn6)C(CO)C5)nc4)c3)[C@H](OC)C2)CC(=O)[C@H](C)/C=C(\C)[C@@H](O)[C@@H](OC)C(=O)[C@H](C)C[C@H](C)/C=C/C=C/C=C/1C. The number of allylic oxidation sites excluding steroid dienone is 6. The molecule has 7 aromatic rings. The van der Waals surface area contributed by atoms with Crippen molar-refractivity contribution in [1.29, 1.82) is 0 Å². The molecule has 4 aliphatic heterocycles. The number of carbonyl (C=O) groups is 6. The highest BCUT2D eigenvalue weighted by Gasteiger charge is 2.53. The third kappa shape index (κ3) is 27.9. The Kier molecular flexibility index (Phi) is 38.3. The van der Waals surface area contributed by atoms with Crippen molar-refractivity contribution in [3.63, 3.8) is 0 Å². The lowest BCUT2D eigenvalue weighted by Crippen LogP contribution is -2.61. The van der Waals surface area contributed by atoms with Crippen molar-refractivity contribution < 1.29 is 95.9 Å². The van der Waals surface area contributed by atoms with E-state index in [1.54, 1.807) is 56.5 Å². The zero-order chi connectivity index (χ0) is 94.7. The predicted octanol–water partition coefficient (Wildman–Crippen LogP) is 9.30. The number of anilines is 3. The Labute approximate surface area is 777 Å². The number of ketones is 3. The number of aliphatic hydroxyl groups excluding tert-OH is 2. The summed E-state index contributed by atoms with van der Waals surface area (Å²) in [6.07, 6.45) is 19.9. The lowest BCUT2D eigenvalue weighted by molar-refractivity contribution is -0.265. The second kappa shape index (κ2) is 50.0. The lowest BCUT2D eigenvalue weighted by Gasteiger charge is -2.42. The van der Waals surface area contributed by atoms with Crippen LogP contribution in [0.4, 0.5) is 17.8 Å². The molecule has 16 atom stereocenters. The number of amides is 2. The summed E-state index contributed by atoms with van der Waals surface area (Å²) in [5, 5.41) is 51.7. The number of hydrogen-bond acceptors (Lipinski definition) is 32. The summed E-state index contributed by atoms with van der Waals surface area (Å²) in [6.45, 7) is 19.8. The summed E-state index contributed by atoms with van der Waals surface area (Å²) in [4.78, 5) is 113. The van der Waals surface area contributed by atoms with Crippen molar-refractivity contribution in [2.75, 3.05) is 130 Å². The molecular weight excluding hydrogens is 1710 g/mol. The fourth-order valence-corrected chi connectivity index (χ4v) is 18.4. The summed E-state index contributed by atoms with van der Waals surface area (Å²) in [5.74, 6) is -7.60. The van der Waals surface area contributed by atoms with Crippen molar-refractivity contribution in [1.82, 2.24) is 64.8 Å². The summed E-state index contributed by atoms with van der Waals surface area (Å²) < 4.78 is 68.9. The molecule has 2 bridgehead atoms. The molecule has 0 spiro atoms. The van der Waals surface area contributed by atoms with Gasteiger partial charge in [0.05, 0.1) is 114 Å². The lowest BCUT2D eigenvalue weighted by atomic mass is 9.78. The molecule has 36 nitrogen and oxygen atoms in total. The molecule has 5 aliphatic rings. The molecule has 724 valence electrons. The minimum absolute atomic E-state index is 0.0145. The number of benzene rings is 2. The van der Waals surface area contributed by atoms with Gasteiger partial charge in [0.15, 0.2) is 17.0 Å². The van der Waals surface area contributed by atoms with E-state index in [1.165, 1.54) is 18.3 Å². The van der Waals surface area contributed by atoms with Crippen LogP contribution >= 0.6 is 0 Å². The first-order chi connectivity index (χ1) is 64.2. The number of hydrogen-bond donors (Lipinski definition) is 6. The Morgan fingerprint density at radius 1 is 0.767 bits per heavy atom. The number of esters is 1.